The minimum absolute atomic E-state index is 0.0213. The summed E-state index contributed by atoms with van der Waals surface area (Å²) in [5, 5.41) is 25.3. The number of hydrogen-bond donors (Lipinski definition) is 3. The van der Waals surface area contributed by atoms with Crippen LogP contribution in [0.5, 0.6) is 23.0 Å². The number of anilines is 2. The predicted octanol–water partition coefficient (Wildman–Crippen LogP) is 3.57. The molecule has 0 amide bonds. The van der Waals surface area contributed by atoms with E-state index in [0.29, 0.717) is 5.56 Å². The van der Waals surface area contributed by atoms with Crippen molar-refractivity contribution in [3.8, 4) is 23.0 Å². The lowest BCUT2D eigenvalue weighted by Gasteiger charge is -2.14. The second-order valence-electron chi connectivity index (χ2n) is 6.89. The van der Waals surface area contributed by atoms with Crippen LogP contribution in [0.1, 0.15) is 5.56 Å². The summed E-state index contributed by atoms with van der Waals surface area (Å²) in [6.07, 6.45) is 1.33. The van der Waals surface area contributed by atoms with Gasteiger partial charge in [0.1, 0.15) is 10.6 Å². The zero-order valence-corrected chi connectivity index (χ0v) is 19.7. The Kier molecular flexibility index (Phi) is 7.61. The number of para-hydroxylation sites is 2. The predicted molar refractivity (Wildman–Crippen MR) is 129 cm³/mol. The van der Waals surface area contributed by atoms with Crippen LogP contribution < -0.4 is 24.4 Å². The van der Waals surface area contributed by atoms with Crippen LogP contribution >= 0.6 is 0 Å². The molecule has 184 valence electrons. The van der Waals surface area contributed by atoms with Gasteiger partial charge in [0.2, 0.25) is 5.75 Å². The fourth-order valence-electron chi connectivity index (χ4n) is 3.03. The van der Waals surface area contributed by atoms with Gasteiger partial charge < -0.3 is 19.3 Å². The van der Waals surface area contributed by atoms with Gasteiger partial charge in [0.15, 0.2) is 11.5 Å². The quantitative estimate of drug-likeness (QED) is 0.214. The molecule has 0 aliphatic heterocycles. The molecule has 3 rings (SSSR count). The van der Waals surface area contributed by atoms with E-state index in [1.807, 2.05) is 0 Å². The first-order chi connectivity index (χ1) is 16.7. The number of rotatable bonds is 10. The average molecular weight is 503 g/mol. The number of aromatic hydroxyl groups is 1. The van der Waals surface area contributed by atoms with Crippen molar-refractivity contribution >= 4 is 33.3 Å². The van der Waals surface area contributed by atoms with E-state index in [2.05, 4.69) is 15.2 Å². The number of ether oxygens (including phenoxy) is 3. The molecule has 0 radical (unpaired) electrons. The lowest BCUT2D eigenvalue weighted by atomic mass is 10.2. The molecular weight excluding hydrogens is 480 g/mol. The van der Waals surface area contributed by atoms with Gasteiger partial charge in [0, 0.05) is 17.7 Å². The van der Waals surface area contributed by atoms with Gasteiger partial charge in [0.05, 0.1) is 43.8 Å². The van der Waals surface area contributed by atoms with E-state index >= 15 is 0 Å². The van der Waals surface area contributed by atoms with Crippen molar-refractivity contribution in [2.75, 3.05) is 31.5 Å². The molecule has 0 saturated carbocycles. The fraction of sp³-hybridized carbons (Fsp3) is 0.136. The lowest BCUT2D eigenvalue weighted by Crippen LogP contribution is -2.15. The molecule has 3 aromatic carbocycles. The number of phenols is 1. The van der Waals surface area contributed by atoms with Crippen molar-refractivity contribution in [3.05, 3.63) is 70.3 Å². The van der Waals surface area contributed by atoms with Crippen molar-refractivity contribution in [2.24, 2.45) is 5.10 Å². The van der Waals surface area contributed by atoms with Crippen molar-refractivity contribution in [3.63, 3.8) is 0 Å². The van der Waals surface area contributed by atoms with Gasteiger partial charge in [-0.15, -0.1) is 0 Å². The normalized spacial score (nSPS) is 11.2. The maximum absolute atomic E-state index is 13.2. The number of nitrogens with one attached hydrogen (secondary N) is 2. The highest BCUT2D eigenvalue weighted by molar-refractivity contribution is 7.93. The summed E-state index contributed by atoms with van der Waals surface area (Å²) in [6, 6.07) is 12.6. The number of phenolic OH excluding ortho intramolecular Hbond substituents is 1. The Balaban J connectivity index is 1.97. The number of methoxy groups -OCH3 is 3. The van der Waals surface area contributed by atoms with Crippen LogP contribution in [0.4, 0.5) is 17.1 Å². The molecule has 3 aromatic rings. The minimum atomic E-state index is -4.30. The smallest absolute Gasteiger partial charge is 0.270 e. The zero-order chi connectivity index (χ0) is 25.6. The molecule has 0 atom stereocenters. The van der Waals surface area contributed by atoms with E-state index in [-0.39, 0.29) is 34.4 Å². The molecule has 3 N–H and O–H groups in total. The molecule has 0 aliphatic carbocycles. The molecular formula is C22H22N4O8S. The number of non-ortho nitro benzene ring substituents is 1. The maximum atomic E-state index is 13.2. The number of nitro benzene ring substituents is 1. The highest BCUT2D eigenvalue weighted by Gasteiger charge is 2.24. The van der Waals surface area contributed by atoms with Gasteiger partial charge >= 0.3 is 0 Å². The maximum Gasteiger partial charge on any atom is 0.270 e. The van der Waals surface area contributed by atoms with Crippen molar-refractivity contribution in [1.29, 1.82) is 0 Å². The second kappa shape index (κ2) is 10.6. The number of sulfonamides is 1. The topological polar surface area (TPSA) is 162 Å². The van der Waals surface area contributed by atoms with Crippen LogP contribution in [0.25, 0.3) is 0 Å². The van der Waals surface area contributed by atoms with E-state index in [0.717, 1.165) is 12.1 Å². The Labute approximate surface area is 201 Å². The molecule has 12 nitrogen and oxygen atoms in total. The van der Waals surface area contributed by atoms with Crippen LogP contribution in [0, 0.1) is 10.1 Å². The second-order valence-corrected chi connectivity index (χ2v) is 8.54. The first-order valence-corrected chi connectivity index (χ1v) is 11.4. The van der Waals surface area contributed by atoms with Gasteiger partial charge in [-0.3, -0.25) is 20.3 Å². The Morgan fingerprint density at radius 1 is 0.943 bits per heavy atom. The summed E-state index contributed by atoms with van der Waals surface area (Å²) in [6.45, 7) is 0. The molecule has 13 heteroatoms. The van der Waals surface area contributed by atoms with Crippen LogP contribution in [0.2, 0.25) is 0 Å². The Morgan fingerprint density at radius 2 is 1.57 bits per heavy atom. The van der Waals surface area contributed by atoms with Crippen LogP contribution in [0.3, 0.4) is 0 Å². The largest absolute Gasteiger partial charge is 0.502 e. The summed E-state index contributed by atoms with van der Waals surface area (Å²) in [5.74, 6) is 0.367. The number of nitrogens with zero attached hydrogens (tertiary/aromatic N) is 2. The van der Waals surface area contributed by atoms with Crippen LogP contribution in [-0.2, 0) is 10.0 Å². The Morgan fingerprint density at radius 3 is 2.17 bits per heavy atom. The number of benzene rings is 3. The van der Waals surface area contributed by atoms with E-state index in [4.69, 9.17) is 14.2 Å². The summed E-state index contributed by atoms with van der Waals surface area (Å²) in [5.41, 5.74) is 2.76. The highest BCUT2D eigenvalue weighted by Crippen LogP contribution is 2.37. The third-order valence-corrected chi connectivity index (χ3v) is 6.12. The molecule has 0 unspecified atom stereocenters. The summed E-state index contributed by atoms with van der Waals surface area (Å²) in [7, 11) is -0.171. The third-order valence-electron chi connectivity index (χ3n) is 4.72. The van der Waals surface area contributed by atoms with Crippen molar-refractivity contribution in [2.45, 2.75) is 4.90 Å². The van der Waals surface area contributed by atoms with E-state index in [9.17, 15) is 23.6 Å². The number of hydrazone groups is 1. The van der Waals surface area contributed by atoms with Gasteiger partial charge in [-0.25, -0.2) is 8.42 Å². The van der Waals surface area contributed by atoms with Gasteiger partial charge in [0.25, 0.3) is 15.7 Å². The molecule has 0 fully saturated rings. The van der Waals surface area contributed by atoms with Crippen LogP contribution in [0.15, 0.2) is 64.6 Å². The fourth-order valence-corrected chi connectivity index (χ4v) is 4.28. The molecule has 0 saturated heterocycles. The van der Waals surface area contributed by atoms with Crippen molar-refractivity contribution in [1.82, 2.24) is 0 Å². The summed E-state index contributed by atoms with van der Waals surface area (Å²) in [4.78, 5) is 10.2. The average Bonchev–Trinajstić information content (AvgIpc) is 2.84. The molecule has 0 aliphatic rings. The first-order valence-electron chi connectivity index (χ1n) is 9.88. The van der Waals surface area contributed by atoms with Crippen LogP contribution in [-0.4, -0.2) is 46.0 Å². The highest BCUT2D eigenvalue weighted by atomic mass is 32.2. The number of hydrogen-bond acceptors (Lipinski definition) is 10. The molecule has 0 aromatic heterocycles. The minimum Gasteiger partial charge on any atom is -0.502 e. The molecule has 0 bridgehead atoms. The van der Waals surface area contributed by atoms with E-state index < -0.39 is 25.5 Å². The monoisotopic (exact) mass is 502 g/mol. The van der Waals surface area contributed by atoms with E-state index in [1.54, 1.807) is 18.2 Å². The van der Waals surface area contributed by atoms with Crippen molar-refractivity contribution < 1.29 is 32.7 Å². The van der Waals surface area contributed by atoms with E-state index in [1.165, 1.54) is 51.8 Å². The zero-order valence-electron chi connectivity index (χ0n) is 18.9. The summed E-state index contributed by atoms with van der Waals surface area (Å²) < 4.78 is 44.1. The lowest BCUT2D eigenvalue weighted by molar-refractivity contribution is -0.385. The Hall–Kier alpha value is -4.52. The molecule has 0 heterocycles. The summed E-state index contributed by atoms with van der Waals surface area (Å²) >= 11 is 0. The number of nitro groups is 1. The SMILES string of the molecule is COc1ccccc1NS(=O)(=O)c1cc([N+](=O)[O-])ccc1N/N=C\c1cc(OC)c(O)c(OC)c1. The molecule has 35 heavy (non-hydrogen) atoms. The standard InChI is InChI=1S/C22H22N4O8S/c1-32-18-7-5-4-6-16(18)25-35(30,31)21-12-15(26(28)29)8-9-17(21)24-23-13-14-10-19(33-2)22(27)20(11-14)34-3/h4-13,24-25,27H,1-3H3/b23-13-. The Bertz CT molecular complexity index is 1350. The molecule has 0 spiro atoms. The first kappa shape index (κ1) is 25.1. The third kappa shape index (κ3) is 5.70. The van der Waals surface area contributed by atoms with Gasteiger partial charge in [-0.1, -0.05) is 12.1 Å². The van der Waals surface area contributed by atoms with Gasteiger partial charge in [-0.2, -0.15) is 5.10 Å². The van der Waals surface area contributed by atoms with Gasteiger partial charge in [-0.05, 0) is 30.3 Å².